The van der Waals surface area contributed by atoms with Gasteiger partial charge in [0.2, 0.25) is 5.91 Å². The molecule has 0 bridgehead atoms. The van der Waals surface area contributed by atoms with Gasteiger partial charge in [-0.05, 0) is 67.9 Å². The maximum absolute atomic E-state index is 11.8. The van der Waals surface area contributed by atoms with E-state index in [9.17, 15) is 4.79 Å². The largest absolute Gasteiger partial charge is 0.326 e. The summed E-state index contributed by atoms with van der Waals surface area (Å²) < 4.78 is 0. The summed E-state index contributed by atoms with van der Waals surface area (Å²) in [5.41, 5.74) is 6.97. The number of hydrazine groups is 1. The van der Waals surface area contributed by atoms with E-state index in [1.54, 1.807) is 6.20 Å². The minimum absolute atomic E-state index is 0.117. The van der Waals surface area contributed by atoms with Gasteiger partial charge in [0.25, 0.3) is 0 Å². The van der Waals surface area contributed by atoms with E-state index in [1.165, 1.54) is 11.8 Å². The highest BCUT2D eigenvalue weighted by molar-refractivity contribution is 7.99. The summed E-state index contributed by atoms with van der Waals surface area (Å²) in [6, 6.07) is 9.83. The number of carbonyl (C=O) groups excluding carboxylic acids is 1. The Kier molecular flexibility index (Phi) is 4.77. The van der Waals surface area contributed by atoms with Gasteiger partial charge in [0, 0.05) is 28.7 Å². The van der Waals surface area contributed by atoms with Crippen molar-refractivity contribution in [1.82, 2.24) is 20.8 Å². The molecule has 1 amide bonds. The Morgan fingerprint density at radius 1 is 1.23 bits per heavy atom. The third-order valence-corrected chi connectivity index (χ3v) is 4.91. The van der Waals surface area contributed by atoms with Gasteiger partial charge in [-0.1, -0.05) is 0 Å². The van der Waals surface area contributed by atoms with E-state index >= 15 is 0 Å². The second kappa shape index (κ2) is 7.35. The van der Waals surface area contributed by atoms with Gasteiger partial charge in [-0.3, -0.25) is 4.79 Å². The fraction of sp³-hybridized carbons (Fsp3) is 0.278. The molecular formula is C18H20N6OS. The molecule has 8 heteroatoms. The van der Waals surface area contributed by atoms with Crippen LogP contribution >= 0.6 is 11.8 Å². The Hall–Kier alpha value is -2.58. The molecule has 7 nitrogen and oxygen atoms in total. The van der Waals surface area contributed by atoms with Crippen LogP contribution in [0, 0.1) is 5.92 Å². The van der Waals surface area contributed by atoms with Crippen LogP contribution in [0.2, 0.25) is 0 Å². The SMILES string of the molecule is CC1C=C(Nc2ccnc(Sc3ccc(NC(=O)C4CC4)cc3)n2)NN1. The van der Waals surface area contributed by atoms with Crippen molar-refractivity contribution in [3.8, 4) is 0 Å². The predicted molar refractivity (Wildman–Crippen MR) is 101 cm³/mol. The highest BCUT2D eigenvalue weighted by Crippen LogP contribution is 2.31. The first-order valence-corrected chi connectivity index (χ1v) is 9.39. The fourth-order valence-corrected chi connectivity index (χ4v) is 3.24. The summed E-state index contributed by atoms with van der Waals surface area (Å²) in [5.74, 6) is 1.93. The van der Waals surface area contributed by atoms with Gasteiger partial charge in [0.1, 0.15) is 11.6 Å². The Labute approximate surface area is 156 Å². The van der Waals surface area contributed by atoms with Crippen molar-refractivity contribution in [2.45, 2.75) is 35.9 Å². The Balaban J connectivity index is 1.38. The van der Waals surface area contributed by atoms with E-state index in [0.29, 0.717) is 5.16 Å². The van der Waals surface area contributed by atoms with Gasteiger partial charge in [0.05, 0.1) is 0 Å². The Morgan fingerprint density at radius 2 is 2.04 bits per heavy atom. The van der Waals surface area contributed by atoms with Crippen molar-refractivity contribution in [3.05, 3.63) is 48.4 Å². The maximum Gasteiger partial charge on any atom is 0.227 e. The molecule has 134 valence electrons. The Bertz CT molecular complexity index is 834. The molecule has 1 atom stereocenters. The van der Waals surface area contributed by atoms with Gasteiger partial charge in [-0.15, -0.1) is 0 Å². The lowest BCUT2D eigenvalue weighted by Crippen LogP contribution is -2.31. The molecule has 0 spiro atoms. The summed E-state index contributed by atoms with van der Waals surface area (Å²) in [6.45, 7) is 2.06. The van der Waals surface area contributed by atoms with Crippen molar-refractivity contribution in [3.63, 3.8) is 0 Å². The molecule has 2 aliphatic rings. The number of rotatable bonds is 6. The second-order valence-electron chi connectivity index (χ2n) is 6.38. The van der Waals surface area contributed by atoms with E-state index in [4.69, 9.17) is 0 Å². The van der Waals surface area contributed by atoms with E-state index in [2.05, 4.69) is 38.4 Å². The van der Waals surface area contributed by atoms with E-state index in [-0.39, 0.29) is 17.9 Å². The number of nitrogens with zero attached hydrogens (tertiary/aromatic N) is 2. The monoisotopic (exact) mass is 368 g/mol. The van der Waals surface area contributed by atoms with Crippen LogP contribution in [0.1, 0.15) is 19.8 Å². The van der Waals surface area contributed by atoms with Crippen LogP contribution < -0.4 is 21.5 Å². The first-order valence-electron chi connectivity index (χ1n) is 8.58. The molecule has 1 saturated carbocycles. The van der Waals surface area contributed by atoms with Crippen molar-refractivity contribution in [1.29, 1.82) is 0 Å². The zero-order chi connectivity index (χ0) is 17.9. The zero-order valence-electron chi connectivity index (χ0n) is 14.3. The molecule has 0 radical (unpaired) electrons. The molecular weight excluding hydrogens is 348 g/mol. The molecule has 1 aromatic carbocycles. The summed E-state index contributed by atoms with van der Waals surface area (Å²) in [4.78, 5) is 21.6. The van der Waals surface area contributed by atoms with Crippen LogP contribution in [-0.2, 0) is 4.79 Å². The normalized spacial score (nSPS) is 18.8. The topological polar surface area (TPSA) is 91.0 Å². The molecule has 1 unspecified atom stereocenters. The smallest absolute Gasteiger partial charge is 0.227 e. The first kappa shape index (κ1) is 16.9. The molecule has 0 saturated heterocycles. The maximum atomic E-state index is 11.8. The molecule has 2 aromatic rings. The molecule has 2 heterocycles. The summed E-state index contributed by atoms with van der Waals surface area (Å²) in [6.07, 6.45) is 5.78. The number of anilines is 2. The van der Waals surface area contributed by atoms with Crippen LogP contribution in [0.4, 0.5) is 11.5 Å². The lowest BCUT2D eigenvalue weighted by atomic mass is 10.3. The zero-order valence-corrected chi connectivity index (χ0v) is 15.1. The van der Waals surface area contributed by atoms with Crippen molar-refractivity contribution < 1.29 is 4.79 Å². The summed E-state index contributed by atoms with van der Waals surface area (Å²) >= 11 is 1.48. The van der Waals surface area contributed by atoms with E-state index < -0.39 is 0 Å². The minimum Gasteiger partial charge on any atom is -0.326 e. The number of aromatic nitrogens is 2. The van der Waals surface area contributed by atoms with Gasteiger partial charge in [-0.25, -0.2) is 15.4 Å². The van der Waals surface area contributed by atoms with Gasteiger partial charge < -0.3 is 16.1 Å². The third kappa shape index (κ3) is 4.33. The predicted octanol–water partition coefficient (Wildman–Crippen LogP) is 2.73. The number of hydrogen-bond donors (Lipinski definition) is 4. The lowest BCUT2D eigenvalue weighted by Gasteiger charge is -2.08. The number of nitrogens with one attached hydrogen (secondary N) is 4. The number of amides is 1. The quantitative estimate of drug-likeness (QED) is 0.583. The molecule has 4 rings (SSSR count). The van der Waals surface area contributed by atoms with Crippen LogP contribution in [0.25, 0.3) is 0 Å². The van der Waals surface area contributed by atoms with Gasteiger partial charge in [-0.2, -0.15) is 0 Å². The Morgan fingerprint density at radius 3 is 2.73 bits per heavy atom. The molecule has 1 aromatic heterocycles. The molecule has 26 heavy (non-hydrogen) atoms. The summed E-state index contributed by atoms with van der Waals surface area (Å²) in [5, 5.41) is 6.82. The third-order valence-electron chi connectivity index (χ3n) is 4.03. The van der Waals surface area contributed by atoms with Crippen LogP contribution in [0.3, 0.4) is 0 Å². The minimum atomic E-state index is 0.117. The van der Waals surface area contributed by atoms with Crippen molar-refractivity contribution in [2.75, 3.05) is 10.6 Å². The molecule has 1 fully saturated rings. The van der Waals surface area contributed by atoms with Gasteiger partial charge >= 0.3 is 0 Å². The van der Waals surface area contributed by atoms with Gasteiger partial charge in [0.15, 0.2) is 5.16 Å². The fourth-order valence-electron chi connectivity index (χ4n) is 2.50. The number of carbonyl (C=O) groups is 1. The van der Waals surface area contributed by atoms with Crippen LogP contribution in [0.15, 0.2) is 58.5 Å². The molecule has 1 aliphatic carbocycles. The van der Waals surface area contributed by atoms with Crippen LogP contribution in [0.5, 0.6) is 0 Å². The van der Waals surface area contributed by atoms with E-state index in [0.717, 1.165) is 35.1 Å². The second-order valence-corrected chi connectivity index (χ2v) is 7.42. The van der Waals surface area contributed by atoms with E-state index in [1.807, 2.05) is 36.4 Å². The number of hydrogen-bond acceptors (Lipinski definition) is 7. The lowest BCUT2D eigenvalue weighted by molar-refractivity contribution is -0.117. The highest BCUT2D eigenvalue weighted by Gasteiger charge is 2.29. The highest BCUT2D eigenvalue weighted by atomic mass is 32.2. The average molecular weight is 368 g/mol. The summed E-state index contributed by atoms with van der Waals surface area (Å²) in [7, 11) is 0. The standard InChI is InChI=1S/C18H20N6OS/c1-11-10-16(24-23-11)21-15-8-9-19-18(22-15)26-14-6-4-13(5-7-14)20-17(25)12-2-3-12/h4-12,23-24H,2-3H2,1H3,(H,20,25)(H,19,21,22). The van der Waals surface area contributed by atoms with Crippen LogP contribution in [-0.4, -0.2) is 21.9 Å². The van der Waals surface area contributed by atoms with Crippen molar-refractivity contribution in [2.24, 2.45) is 5.92 Å². The molecule has 1 aliphatic heterocycles. The number of benzene rings is 1. The van der Waals surface area contributed by atoms with Crippen molar-refractivity contribution >= 4 is 29.2 Å². The first-order chi connectivity index (χ1) is 12.7. The molecule has 4 N–H and O–H groups in total. The average Bonchev–Trinajstić information content (AvgIpc) is 3.40.